The van der Waals surface area contributed by atoms with Crippen molar-refractivity contribution in [1.29, 1.82) is 0 Å². The smallest absolute Gasteiger partial charge is 0.371 e. The Morgan fingerprint density at radius 2 is 2.10 bits per heavy atom. The summed E-state index contributed by atoms with van der Waals surface area (Å²) in [6.45, 7) is 4.96. The third-order valence-corrected chi connectivity index (χ3v) is 3.96. The van der Waals surface area contributed by atoms with Gasteiger partial charge in [0, 0.05) is 0 Å². The van der Waals surface area contributed by atoms with Gasteiger partial charge in [-0.2, -0.15) is 18.3 Å². The predicted molar refractivity (Wildman–Crippen MR) is 69.8 cm³/mol. The highest BCUT2D eigenvalue weighted by Crippen LogP contribution is 2.34. The quantitative estimate of drug-likeness (QED) is 0.790. The molecule has 0 bridgehead atoms. The van der Waals surface area contributed by atoms with Gasteiger partial charge in [0.2, 0.25) is 0 Å². The summed E-state index contributed by atoms with van der Waals surface area (Å²) >= 11 is 0. The Labute approximate surface area is 119 Å². The van der Waals surface area contributed by atoms with Gasteiger partial charge < -0.3 is 5.11 Å². The third kappa shape index (κ3) is 1.92. The molecule has 1 N–H and O–H groups in total. The summed E-state index contributed by atoms with van der Waals surface area (Å²) in [7, 11) is 0. The van der Waals surface area contributed by atoms with E-state index in [0.29, 0.717) is 12.3 Å². The van der Waals surface area contributed by atoms with Gasteiger partial charge in [-0.3, -0.25) is 4.68 Å². The average Bonchev–Trinajstić information content (AvgIpc) is 2.90. The molecule has 1 aromatic heterocycles. The van der Waals surface area contributed by atoms with Gasteiger partial charge in [-0.15, -0.1) is 0 Å². The van der Waals surface area contributed by atoms with Crippen LogP contribution in [0.2, 0.25) is 0 Å². The largest absolute Gasteiger partial charge is 0.428 e. The van der Waals surface area contributed by atoms with Crippen molar-refractivity contribution in [2.45, 2.75) is 45.1 Å². The molecule has 8 heteroatoms. The molecule has 0 fully saturated rings. The van der Waals surface area contributed by atoms with Crippen molar-refractivity contribution in [2.24, 2.45) is 4.99 Å². The van der Waals surface area contributed by atoms with E-state index in [1.165, 1.54) is 4.58 Å². The molecule has 0 aromatic carbocycles. The van der Waals surface area contributed by atoms with E-state index < -0.39 is 11.8 Å². The number of aliphatic hydroxyl groups is 1. The first-order valence-corrected chi connectivity index (χ1v) is 6.67. The number of aliphatic imine (C=N–C) groups is 1. The third-order valence-electron chi connectivity index (χ3n) is 3.96. The zero-order valence-electron chi connectivity index (χ0n) is 11.9. The standard InChI is InChI=1S/C13H16F3N4O/c1-7-4-9-10-5-17-11(12(3,21)13(14,15)16)20(10)8(2)6-19(9)18-7/h4,8,21H,5-6H2,1-3H3/q+1/t8-,12+/m0/s1. The highest BCUT2D eigenvalue weighted by Gasteiger charge is 2.61. The second-order valence-corrected chi connectivity index (χ2v) is 5.73. The second kappa shape index (κ2) is 4.16. The van der Waals surface area contributed by atoms with E-state index in [2.05, 4.69) is 10.1 Å². The van der Waals surface area contributed by atoms with Crippen LogP contribution in [-0.4, -0.2) is 55.4 Å². The summed E-state index contributed by atoms with van der Waals surface area (Å²) in [4.78, 5) is 3.97. The highest BCUT2D eigenvalue weighted by molar-refractivity contribution is 6.06. The molecule has 0 unspecified atom stereocenters. The molecule has 0 spiro atoms. The molecule has 3 rings (SSSR count). The molecule has 0 amide bonds. The van der Waals surface area contributed by atoms with Crippen LogP contribution in [0, 0.1) is 6.92 Å². The number of alkyl halides is 3. The van der Waals surface area contributed by atoms with Crippen LogP contribution in [0.5, 0.6) is 0 Å². The van der Waals surface area contributed by atoms with E-state index >= 15 is 0 Å². The maximum Gasteiger partial charge on any atom is 0.428 e. The van der Waals surface area contributed by atoms with Gasteiger partial charge in [0.1, 0.15) is 11.7 Å². The number of amidine groups is 1. The Hall–Kier alpha value is -1.70. The first kappa shape index (κ1) is 14.2. The fourth-order valence-electron chi connectivity index (χ4n) is 2.87. The van der Waals surface area contributed by atoms with Gasteiger partial charge in [-0.05, 0) is 26.8 Å². The fraction of sp³-hybridized carbons (Fsp3) is 0.615. The van der Waals surface area contributed by atoms with Crippen molar-refractivity contribution in [1.82, 2.24) is 9.78 Å². The number of halogens is 3. The number of hydrogen-bond donors (Lipinski definition) is 1. The van der Waals surface area contributed by atoms with Crippen molar-refractivity contribution in [3.8, 4) is 0 Å². The average molecular weight is 301 g/mol. The molecule has 5 nitrogen and oxygen atoms in total. The van der Waals surface area contributed by atoms with Crippen LogP contribution in [0.15, 0.2) is 11.1 Å². The number of rotatable bonds is 1. The fourth-order valence-corrected chi connectivity index (χ4v) is 2.87. The molecule has 0 radical (unpaired) electrons. The second-order valence-electron chi connectivity index (χ2n) is 5.73. The number of aryl methyl sites for hydroxylation is 1. The zero-order valence-corrected chi connectivity index (χ0v) is 11.9. The summed E-state index contributed by atoms with van der Waals surface area (Å²) in [5.41, 5.74) is -0.723. The van der Waals surface area contributed by atoms with E-state index in [4.69, 9.17) is 0 Å². The Morgan fingerprint density at radius 1 is 1.43 bits per heavy atom. The lowest BCUT2D eigenvalue weighted by Crippen LogP contribution is -2.56. The van der Waals surface area contributed by atoms with Crippen molar-refractivity contribution in [3.63, 3.8) is 0 Å². The van der Waals surface area contributed by atoms with E-state index in [9.17, 15) is 18.3 Å². The Morgan fingerprint density at radius 3 is 2.71 bits per heavy atom. The Balaban J connectivity index is 2.12. The SMILES string of the molecule is Cc1cc2n(n1)C[C@H](C)[N+]1=C2CN=C1[C@@](C)(O)C(F)(F)F. The van der Waals surface area contributed by atoms with Crippen LogP contribution in [-0.2, 0) is 6.54 Å². The minimum absolute atomic E-state index is 0.122. The lowest BCUT2D eigenvalue weighted by Gasteiger charge is -2.27. The lowest BCUT2D eigenvalue weighted by atomic mass is 10.0. The van der Waals surface area contributed by atoms with Crippen LogP contribution in [0.3, 0.4) is 0 Å². The number of nitrogens with zero attached hydrogens (tertiary/aromatic N) is 4. The normalized spacial score (nSPS) is 24.5. The van der Waals surface area contributed by atoms with Crippen LogP contribution >= 0.6 is 0 Å². The number of hydrogen-bond acceptors (Lipinski definition) is 3. The maximum atomic E-state index is 13.1. The molecule has 2 aliphatic heterocycles. The van der Waals surface area contributed by atoms with Crippen LogP contribution in [0.4, 0.5) is 13.2 Å². The predicted octanol–water partition coefficient (Wildman–Crippen LogP) is 1.12. The minimum Gasteiger partial charge on any atom is -0.371 e. The number of aromatic nitrogens is 2. The summed E-state index contributed by atoms with van der Waals surface area (Å²) in [5, 5.41) is 14.3. The lowest BCUT2D eigenvalue weighted by molar-refractivity contribution is -0.468. The topological polar surface area (TPSA) is 53.4 Å². The van der Waals surface area contributed by atoms with Gasteiger partial charge >= 0.3 is 12.0 Å². The monoisotopic (exact) mass is 301 g/mol. The Kier molecular flexibility index (Phi) is 2.82. The first-order valence-electron chi connectivity index (χ1n) is 6.67. The first-order chi connectivity index (χ1) is 9.63. The molecule has 2 aliphatic rings. The molecular formula is C13H16F3N4O+. The van der Waals surface area contributed by atoms with Crippen LogP contribution < -0.4 is 0 Å². The van der Waals surface area contributed by atoms with Crippen molar-refractivity contribution in [3.05, 3.63) is 17.5 Å². The molecule has 21 heavy (non-hydrogen) atoms. The summed E-state index contributed by atoms with van der Waals surface area (Å²) < 4.78 is 42.5. The van der Waals surface area contributed by atoms with Gasteiger partial charge in [0.15, 0.2) is 12.3 Å². The number of fused-ring (bicyclic) bond motifs is 2. The van der Waals surface area contributed by atoms with Gasteiger partial charge in [0.05, 0.1) is 12.2 Å². The van der Waals surface area contributed by atoms with E-state index in [-0.39, 0.29) is 18.4 Å². The molecule has 1 aromatic rings. The van der Waals surface area contributed by atoms with Crippen LogP contribution in [0.1, 0.15) is 25.2 Å². The summed E-state index contributed by atoms with van der Waals surface area (Å²) in [6, 6.07) is 1.58. The van der Waals surface area contributed by atoms with Gasteiger partial charge in [-0.1, -0.05) is 4.99 Å². The van der Waals surface area contributed by atoms with Crippen molar-refractivity contribution >= 4 is 11.5 Å². The Bertz CT molecular complexity index is 669. The van der Waals surface area contributed by atoms with E-state index in [1.54, 1.807) is 11.6 Å². The van der Waals surface area contributed by atoms with Gasteiger partial charge in [0.25, 0.3) is 5.60 Å². The highest BCUT2D eigenvalue weighted by atomic mass is 19.4. The zero-order chi connectivity index (χ0) is 15.6. The van der Waals surface area contributed by atoms with Gasteiger partial charge in [-0.25, -0.2) is 4.58 Å². The molecular weight excluding hydrogens is 285 g/mol. The van der Waals surface area contributed by atoms with Crippen molar-refractivity contribution in [2.75, 3.05) is 6.54 Å². The summed E-state index contributed by atoms with van der Waals surface area (Å²) in [5.74, 6) is -0.331. The molecule has 3 heterocycles. The minimum atomic E-state index is -4.77. The van der Waals surface area contributed by atoms with Crippen LogP contribution in [0.25, 0.3) is 0 Å². The molecule has 0 aliphatic carbocycles. The molecule has 114 valence electrons. The molecule has 0 saturated carbocycles. The molecule has 0 saturated heterocycles. The maximum absolute atomic E-state index is 13.1. The van der Waals surface area contributed by atoms with Crippen molar-refractivity contribution < 1.29 is 22.9 Å². The molecule has 2 atom stereocenters. The van der Waals surface area contributed by atoms with E-state index in [0.717, 1.165) is 18.3 Å². The summed E-state index contributed by atoms with van der Waals surface area (Å²) in [6.07, 6.45) is -4.77. The van der Waals surface area contributed by atoms with E-state index in [1.807, 2.05) is 13.0 Å².